The molecule has 0 aromatic heterocycles. The molecule has 0 radical (unpaired) electrons. The van der Waals surface area contributed by atoms with Crippen molar-refractivity contribution in [3.63, 3.8) is 0 Å². The first kappa shape index (κ1) is 10.8. The summed E-state index contributed by atoms with van der Waals surface area (Å²) >= 11 is 0. The summed E-state index contributed by atoms with van der Waals surface area (Å²) in [5.74, 6) is 0.111. The van der Waals surface area contributed by atoms with Crippen molar-refractivity contribution >= 4 is 5.91 Å². The van der Waals surface area contributed by atoms with Crippen LogP contribution in [0.1, 0.15) is 36.4 Å². The van der Waals surface area contributed by atoms with Gasteiger partial charge in [-0.05, 0) is 36.8 Å². The van der Waals surface area contributed by atoms with Gasteiger partial charge in [0.2, 0.25) is 5.91 Å². The normalized spacial score (nSPS) is 28.3. The summed E-state index contributed by atoms with van der Waals surface area (Å²) in [6.45, 7) is 0.880. The van der Waals surface area contributed by atoms with E-state index in [-0.39, 0.29) is 5.91 Å². The maximum Gasteiger partial charge on any atom is 0.244 e. The van der Waals surface area contributed by atoms with Crippen molar-refractivity contribution in [3.8, 4) is 0 Å². The lowest BCUT2D eigenvalue weighted by molar-refractivity contribution is -0.135. The van der Waals surface area contributed by atoms with E-state index >= 15 is 0 Å². The molecule has 0 aliphatic carbocycles. The van der Waals surface area contributed by atoms with Gasteiger partial charge in [-0.3, -0.25) is 4.79 Å². The number of hydrogen-bond acceptors (Lipinski definition) is 2. The number of benzene rings is 1. The zero-order valence-electron chi connectivity index (χ0n) is 9.93. The van der Waals surface area contributed by atoms with Crippen LogP contribution in [0.4, 0.5) is 0 Å². The molecule has 3 nitrogen and oxygen atoms in total. The number of rotatable bonds is 0. The topological polar surface area (TPSA) is 46.3 Å². The molecule has 2 atom stereocenters. The lowest BCUT2D eigenvalue weighted by atomic mass is 9.95. The summed E-state index contributed by atoms with van der Waals surface area (Å²) in [4.78, 5) is 14.4. The smallest absolute Gasteiger partial charge is 0.244 e. The van der Waals surface area contributed by atoms with Crippen LogP contribution in [0.25, 0.3) is 0 Å². The summed E-state index contributed by atoms with van der Waals surface area (Å²) in [6, 6.07) is 8.02. The van der Waals surface area contributed by atoms with Crippen molar-refractivity contribution in [2.45, 2.75) is 37.8 Å². The van der Waals surface area contributed by atoms with Gasteiger partial charge in [0.1, 0.15) is 6.04 Å². The number of piperidine rings is 1. The highest BCUT2D eigenvalue weighted by Gasteiger charge is 2.34. The van der Waals surface area contributed by atoms with Crippen molar-refractivity contribution < 1.29 is 4.79 Å². The molecule has 3 heteroatoms. The van der Waals surface area contributed by atoms with Gasteiger partial charge < -0.3 is 10.6 Å². The van der Waals surface area contributed by atoms with E-state index in [1.165, 1.54) is 12.0 Å². The summed E-state index contributed by atoms with van der Waals surface area (Å²) in [5, 5.41) is 0. The molecule has 2 aliphatic rings. The molecule has 3 rings (SSSR count). The van der Waals surface area contributed by atoms with Crippen LogP contribution >= 0.6 is 0 Å². The fourth-order valence-electron chi connectivity index (χ4n) is 3.09. The standard InChI is InChI=1S/C14H18N2O/c15-13-12-7-2-1-5-10(12)9-11-6-3-4-8-16(11)14(13)17/h1-2,5,7,11,13H,3-4,6,8-9,15H2/t11?,13-/m1/s1. The summed E-state index contributed by atoms with van der Waals surface area (Å²) < 4.78 is 0. The molecule has 0 bridgehead atoms. The van der Waals surface area contributed by atoms with Gasteiger partial charge in [0, 0.05) is 12.6 Å². The highest BCUT2D eigenvalue weighted by atomic mass is 16.2. The van der Waals surface area contributed by atoms with Gasteiger partial charge >= 0.3 is 0 Å². The van der Waals surface area contributed by atoms with Crippen LogP contribution < -0.4 is 5.73 Å². The second-order valence-corrected chi connectivity index (χ2v) is 5.06. The number of amides is 1. The lowest BCUT2D eigenvalue weighted by Crippen LogP contribution is -2.46. The van der Waals surface area contributed by atoms with Gasteiger partial charge in [0.25, 0.3) is 0 Å². The second kappa shape index (κ2) is 4.15. The zero-order valence-corrected chi connectivity index (χ0v) is 9.93. The molecular formula is C14H18N2O. The second-order valence-electron chi connectivity index (χ2n) is 5.06. The molecule has 0 spiro atoms. The Morgan fingerprint density at radius 1 is 1.24 bits per heavy atom. The highest BCUT2D eigenvalue weighted by Crippen LogP contribution is 2.30. The average molecular weight is 230 g/mol. The van der Waals surface area contributed by atoms with Gasteiger partial charge in [-0.2, -0.15) is 0 Å². The molecule has 2 heterocycles. The van der Waals surface area contributed by atoms with Crippen LogP contribution in [0.15, 0.2) is 24.3 Å². The first-order valence-electron chi connectivity index (χ1n) is 6.41. The van der Waals surface area contributed by atoms with Crippen LogP contribution in [0.2, 0.25) is 0 Å². The molecule has 2 aliphatic heterocycles. The van der Waals surface area contributed by atoms with E-state index in [0.29, 0.717) is 6.04 Å². The fraction of sp³-hybridized carbons (Fsp3) is 0.500. The Morgan fingerprint density at radius 3 is 2.94 bits per heavy atom. The van der Waals surface area contributed by atoms with Gasteiger partial charge in [-0.25, -0.2) is 0 Å². The Bertz CT molecular complexity index is 444. The van der Waals surface area contributed by atoms with Crippen LogP contribution in [0.3, 0.4) is 0 Å². The number of fused-ring (bicyclic) bond motifs is 2. The van der Waals surface area contributed by atoms with Crippen LogP contribution in [-0.2, 0) is 11.2 Å². The van der Waals surface area contributed by atoms with Gasteiger partial charge in [-0.1, -0.05) is 24.3 Å². The molecule has 0 saturated carbocycles. The molecule has 90 valence electrons. The Labute approximate surface area is 102 Å². The molecule has 17 heavy (non-hydrogen) atoms. The first-order chi connectivity index (χ1) is 8.27. The van der Waals surface area contributed by atoms with Crippen molar-refractivity contribution in [1.29, 1.82) is 0 Å². The molecule has 1 aromatic carbocycles. The van der Waals surface area contributed by atoms with E-state index in [2.05, 4.69) is 6.07 Å². The number of hydrogen-bond donors (Lipinski definition) is 1. The van der Waals surface area contributed by atoms with E-state index in [1.54, 1.807) is 0 Å². The van der Waals surface area contributed by atoms with Crippen molar-refractivity contribution in [2.24, 2.45) is 5.73 Å². The minimum atomic E-state index is -0.464. The molecule has 1 amide bonds. The third kappa shape index (κ3) is 1.75. The van der Waals surface area contributed by atoms with Crippen LogP contribution in [0, 0.1) is 0 Å². The number of nitrogens with zero attached hydrogens (tertiary/aromatic N) is 1. The molecule has 2 N–H and O–H groups in total. The first-order valence-corrected chi connectivity index (χ1v) is 6.41. The molecule has 1 unspecified atom stereocenters. The monoisotopic (exact) mass is 230 g/mol. The number of carbonyl (C=O) groups is 1. The minimum absolute atomic E-state index is 0.111. The fourth-order valence-corrected chi connectivity index (χ4v) is 3.09. The maximum absolute atomic E-state index is 12.3. The average Bonchev–Trinajstić information content (AvgIpc) is 2.48. The largest absolute Gasteiger partial charge is 0.338 e. The predicted molar refractivity (Wildman–Crippen MR) is 66.4 cm³/mol. The summed E-state index contributed by atoms with van der Waals surface area (Å²) in [5.41, 5.74) is 8.38. The Hall–Kier alpha value is -1.35. The Kier molecular flexibility index (Phi) is 2.63. The van der Waals surface area contributed by atoms with Crippen molar-refractivity contribution in [3.05, 3.63) is 35.4 Å². The maximum atomic E-state index is 12.3. The third-order valence-electron chi connectivity index (χ3n) is 4.02. The van der Waals surface area contributed by atoms with Gasteiger partial charge in [0.05, 0.1) is 0 Å². The van der Waals surface area contributed by atoms with Crippen molar-refractivity contribution in [1.82, 2.24) is 4.90 Å². The SMILES string of the molecule is N[C@H]1C(=O)N2CCCCC2Cc2ccccc21. The van der Waals surface area contributed by atoms with E-state index < -0.39 is 6.04 Å². The van der Waals surface area contributed by atoms with Crippen LogP contribution in [0.5, 0.6) is 0 Å². The molecular weight excluding hydrogens is 212 g/mol. The summed E-state index contributed by atoms with van der Waals surface area (Å²) in [6.07, 6.45) is 4.43. The van der Waals surface area contributed by atoms with Gasteiger partial charge in [0.15, 0.2) is 0 Å². The molecule has 1 fully saturated rings. The molecule has 1 aromatic rings. The predicted octanol–water partition coefficient (Wildman–Crippen LogP) is 1.62. The quantitative estimate of drug-likeness (QED) is 0.736. The van der Waals surface area contributed by atoms with E-state index in [0.717, 1.165) is 31.4 Å². The highest BCUT2D eigenvalue weighted by molar-refractivity contribution is 5.84. The van der Waals surface area contributed by atoms with E-state index in [9.17, 15) is 4.79 Å². The lowest BCUT2D eigenvalue weighted by Gasteiger charge is -2.35. The zero-order chi connectivity index (χ0) is 11.8. The number of carbonyl (C=O) groups excluding carboxylic acids is 1. The van der Waals surface area contributed by atoms with Gasteiger partial charge in [-0.15, -0.1) is 0 Å². The summed E-state index contributed by atoms with van der Waals surface area (Å²) in [7, 11) is 0. The minimum Gasteiger partial charge on any atom is -0.338 e. The van der Waals surface area contributed by atoms with Crippen LogP contribution in [-0.4, -0.2) is 23.4 Å². The Balaban J connectivity index is 2.03. The third-order valence-corrected chi connectivity index (χ3v) is 4.02. The Morgan fingerprint density at radius 2 is 2.06 bits per heavy atom. The van der Waals surface area contributed by atoms with E-state index in [1.807, 2.05) is 23.1 Å². The molecule has 1 saturated heterocycles. The number of nitrogens with two attached hydrogens (primary N) is 1. The van der Waals surface area contributed by atoms with E-state index in [4.69, 9.17) is 5.73 Å². The van der Waals surface area contributed by atoms with Crippen molar-refractivity contribution in [2.75, 3.05) is 6.54 Å².